The first kappa shape index (κ1) is 13.0. The lowest BCUT2D eigenvalue weighted by atomic mass is 10.3. The zero-order valence-electron chi connectivity index (χ0n) is 9.99. The molecule has 0 bridgehead atoms. The molecule has 0 atom stereocenters. The van der Waals surface area contributed by atoms with Gasteiger partial charge in [0.1, 0.15) is 17.3 Å². The van der Waals surface area contributed by atoms with Gasteiger partial charge in [0.15, 0.2) is 0 Å². The molecular formula is C14H12F2N2O. The first-order valence-corrected chi connectivity index (χ1v) is 5.69. The standard InChI is InChI=1S/C14H12F2N2O/c15-11-7-4-8-12(16)14(11)17-9-13(19)18-10-5-2-1-3-6-10/h1-8,17H,9H2,(H,18,19). The van der Waals surface area contributed by atoms with E-state index in [0.717, 1.165) is 12.1 Å². The lowest BCUT2D eigenvalue weighted by Gasteiger charge is -2.09. The summed E-state index contributed by atoms with van der Waals surface area (Å²) in [6, 6.07) is 12.3. The molecule has 0 heterocycles. The number of anilines is 2. The molecule has 2 aromatic rings. The molecule has 0 radical (unpaired) electrons. The molecule has 2 rings (SSSR count). The van der Waals surface area contributed by atoms with Crippen LogP contribution in [0.1, 0.15) is 0 Å². The Morgan fingerprint density at radius 2 is 1.58 bits per heavy atom. The summed E-state index contributed by atoms with van der Waals surface area (Å²) >= 11 is 0. The summed E-state index contributed by atoms with van der Waals surface area (Å²) in [5.41, 5.74) is 0.328. The van der Waals surface area contributed by atoms with E-state index < -0.39 is 11.6 Å². The van der Waals surface area contributed by atoms with Crippen molar-refractivity contribution < 1.29 is 13.6 Å². The van der Waals surface area contributed by atoms with Gasteiger partial charge in [0.2, 0.25) is 5.91 Å². The fraction of sp³-hybridized carbons (Fsp3) is 0.0714. The van der Waals surface area contributed by atoms with Crippen LogP contribution < -0.4 is 10.6 Å². The third kappa shape index (κ3) is 3.51. The minimum absolute atomic E-state index is 0.216. The highest BCUT2D eigenvalue weighted by Gasteiger charge is 2.09. The normalized spacial score (nSPS) is 10.0. The molecule has 1 amide bonds. The Labute approximate surface area is 109 Å². The van der Waals surface area contributed by atoms with Gasteiger partial charge in [0.25, 0.3) is 0 Å². The van der Waals surface area contributed by atoms with Gasteiger partial charge in [-0.15, -0.1) is 0 Å². The molecule has 5 heteroatoms. The molecule has 0 saturated heterocycles. The molecular weight excluding hydrogens is 250 g/mol. The predicted octanol–water partition coefficient (Wildman–Crippen LogP) is 3.02. The molecule has 2 aromatic carbocycles. The number of nitrogens with one attached hydrogen (secondary N) is 2. The van der Waals surface area contributed by atoms with Gasteiger partial charge in [-0.2, -0.15) is 0 Å². The number of halogens is 2. The summed E-state index contributed by atoms with van der Waals surface area (Å²) < 4.78 is 26.6. The van der Waals surface area contributed by atoms with E-state index in [1.54, 1.807) is 24.3 Å². The van der Waals surface area contributed by atoms with Crippen LogP contribution in [0.25, 0.3) is 0 Å². The maximum absolute atomic E-state index is 13.3. The molecule has 98 valence electrons. The van der Waals surface area contributed by atoms with Crippen LogP contribution in [0.4, 0.5) is 20.2 Å². The monoisotopic (exact) mass is 262 g/mol. The lowest BCUT2D eigenvalue weighted by Crippen LogP contribution is -2.22. The van der Waals surface area contributed by atoms with Crippen molar-refractivity contribution >= 4 is 17.3 Å². The summed E-state index contributed by atoms with van der Waals surface area (Å²) in [4.78, 5) is 11.6. The largest absolute Gasteiger partial charge is 0.371 e. The Bertz CT molecular complexity index is 553. The second-order valence-corrected chi connectivity index (χ2v) is 3.86. The van der Waals surface area contributed by atoms with E-state index in [-0.39, 0.29) is 18.1 Å². The number of carbonyl (C=O) groups is 1. The number of hydrogen-bond donors (Lipinski definition) is 2. The Hall–Kier alpha value is -2.43. The lowest BCUT2D eigenvalue weighted by molar-refractivity contribution is -0.114. The van der Waals surface area contributed by atoms with Crippen molar-refractivity contribution in [2.75, 3.05) is 17.2 Å². The molecule has 2 N–H and O–H groups in total. The van der Waals surface area contributed by atoms with E-state index in [2.05, 4.69) is 10.6 Å². The van der Waals surface area contributed by atoms with Crippen LogP contribution >= 0.6 is 0 Å². The number of carbonyl (C=O) groups excluding carboxylic acids is 1. The zero-order chi connectivity index (χ0) is 13.7. The SMILES string of the molecule is O=C(CNc1c(F)cccc1F)Nc1ccccc1. The number of amides is 1. The van der Waals surface area contributed by atoms with Gasteiger partial charge >= 0.3 is 0 Å². The van der Waals surface area contributed by atoms with Crippen LogP contribution in [0.2, 0.25) is 0 Å². The Balaban J connectivity index is 1.94. The number of para-hydroxylation sites is 2. The van der Waals surface area contributed by atoms with E-state index in [9.17, 15) is 13.6 Å². The van der Waals surface area contributed by atoms with Gasteiger partial charge in [-0.05, 0) is 24.3 Å². The highest BCUT2D eigenvalue weighted by atomic mass is 19.1. The minimum atomic E-state index is -0.729. The molecule has 0 fully saturated rings. The Kier molecular flexibility index (Phi) is 4.07. The molecule has 3 nitrogen and oxygen atoms in total. The maximum atomic E-state index is 13.3. The molecule has 0 aromatic heterocycles. The maximum Gasteiger partial charge on any atom is 0.243 e. The van der Waals surface area contributed by atoms with Crippen LogP contribution in [0.3, 0.4) is 0 Å². The van der Waals surface area contributed by atoms with Crippen LogP contribution in [0.15, 0.2) is 48.5 Å². The summed E-state index contributed by atoms with van der Waals surface area (Å²) in [7, 11) is 0. The quantitative estimate of drug-likeness (QED) is 0.889. The van der Waals surface area contributed by atoms with Gasteiger partial charge in [0.05, 0.1) is 6.54 Å². The van der Waals surface area contributed by atoms with Crippen LogP contribution in [0, 0.1) is 11.6 Å². The Morgan fingerprint density at radius 1 is 0.947 bits per heavy atom. The van der Waals surface area contributed by atoms with Crippen LogP contribution in [-0.4, -0.2) is 12.5 Å². The van der Waals surface area contributed by atoms with Crippen molar-refractivity contribution in [1.29, 1.82) is 0 Å². The van der Waals surface area contributed by atoms with Gasteiger partial charge < -0.3 is 10.6 Å². The molecule has 19 heavy (non-hydrogen) atoms. The summed E-state index contributed by atoms with van der Waals surface area (Å²) in [5, 5.41) is 5.04. The molecule has 0 aliphatic carbocycles. The average Bonchev–Trinajstić information content (AvgIpc) is 2.39. The smallest absolute Gasteiger partial charge is 0.243 e. The average molecular weight is 262 g/mol. The molecule has 0 aliphatic rings. The summed E-state index contributed by atoms with van der Waals surface area (Å²) in [5.74, 6) is -1.84. The van der Waals surface area contributed by atoms with Crippen molar-refractivity contribution in [1.82, 2.24) is 0 Å². The van der Waals surface area contributed by atoms with E-state index in [1.165, 1.54) is 6.07 Å². The molecule has 0 spiro atoms. The van der Waals surface area contributed by atoms with E-state index in [0.29, 0.717) is 5.69 Å². The third-order valence-corrected chi connectivity index (χ3v) is 2.45. The van der Waals surface area contributed by atoms with Gasteiger partial charge in [-0.1, -0.05) is 24.3 Å². The van der Waals surface area contributed by atoms with Gasteiger partial charge in [0, 0.05) is 5.69 Å². The minimum Gasteiger partial charge on any atom is -0.371 e. The second-order valence-electron chi connectivity index (χ2n) is 3.86. The predicted molar refractivity (Wildman–Crippen MR) is 69.9 cm³/mol. The first-order valence-electron chi connectivity index (χ1n) is 5.69. The third-order valence-electron chi connectivity index (χ3n) is 2.45. The molecule has 0 aliphatic heterocycles. The summed E-state index contributed by atoms with van der Waals surface area (Å²) in [6.07, 6.45) is 0. The second kappa shape index (κ2) is 5.95. The van der Waals surface area contributed by atoms with E-state index in [1.807, 2.05) is 6.07 Å². The van der Waals surface area contributed by atoms with Gasteiger partial charge in [-0.25, -0.2) is 8.78 Å². The zero-order valence-corrected chi connectivity index (χ0v) is 9.99. The number of hydrogen-bond acceptors (Lipinski definition) is 2. The van der Waals surface area contributed by atoms with E-state index >= 15 is 0 Å². The van der Waals surface area contributed by atoms with Crippen molar-refractivity contribution in [3.05, 3.63) is 60.2 Å². The van der Waals surface area contributed by atoms with Crippen molar-refractivity contribution in [3.8, 4) is 0 Å². The fourth-order valence-electron chi connectivity index (χ4n) is 1.56. The number of rotatable bonds is 4. The number of benzene rings is 2. The van der Waals surface area contributed by atoms with Crippen LogP contribution in [-0.2, 0) is 4.79 Å². The van der Waals surface area contributed by atoms with Crippen molar-refractivity contribution in [2.45, 2.75) is 0 Å². The van der Waals surface area contributed by atoms with Gasteiger partial charge in [-0.3, -0.25) is 4.79 Å². The topological polar surface area (TPSA) is 41.1 Å². The summed E-state index contributed by atoms with van der Waals surface area (Å²) in [6.45, 7) is -0.216. The Morgan fingerprint density at radius 3 is 2.21 bits per heavy atom. The first-order chi connectivity index (χ1) is 9.16. The highest BCUT2D eigenvalue weighted by molar-refractivity contribution is 5.93. The molecule has 0 unspecified atom stereocenters. The van der Waals surface area contributed by atoms with Crippen LogP contribution in [0.5, 0.6) is 0 Å². The van der Waals surface area contributed by atoms with Crippen molar-refractivity contribution in [2.24, 2.45) is 0 Å². The fourth-order valence-corrected chi connectivity index (χ4v) is 1.56. The van der Waals surface area contributed by atoms with E-state index in [4.69, 9.17) is 0 Å². The molecule has 0 saturated carbocycles. The highest BCUT2D eigenvalue weighted by Crippen LogP contribution is 2.17. The van der Waals surface area contributed by atoms with Crippen molar-refractivity contribution in [3.63, 3.8) is 0 Å².